The van der Waals surface area contributed by atoms with E-state index in [4.69, 9.17) is 41.2 Å². The average molecular weight is 592 g/mol. The Labute approximate surface area is 250 Å². The van der Waals surface area contributed by atoms with Gasteiger partial charge in [-0.25, -0.2) is 9.83 Å². The molecule has 2 unspecified atom stereocenters. The molecule has 2 atom stereocenters. The number of hydrogen-bond donors (Lipinski definition) is 2. The Hall–Kier alpha value is -4.06. The Bertz CT molecular complexity index is 1640. The first-order valence-electron chi connectivity index (χ1n) is 13.0. The Morgan fingerprint density at radius 1 is 0.780 bits per heavy atom. The quantitative estimate of drug-likeness (QED) is 0.312. The number of nitrogens with zero attached hydrogens (tertiary/aromatic N) is 4. The number of hydrogen-bond acceptors (Lipinski definition) is 5. The SMILES string of the molecule is Cc1cc(N)c2c(n1)N(c1c(C)cc(Cl)cc1C)C(=O)C2C.[C-]#[N+]C1=C(N)N(c2c(C)cc(Cl)cc2C)C(=O)C1C. The van der Waals surface area contributed by atoms with Gasteiger partial charge in [-0.05, 0) is 94.1 Å². The predicted octanol–water partition coefficient (Wildman–Crippen LogP) is 7.01. The smallest absolute Gasteiger partial charge is 0.240 e. The van der Waals surface area contributed by atoms with Crippen molar-refractivity contribution in [2.24, 2.45) is 11.7 Å². The molecule has 0 bridgehead atoms. The maximum atomic E-state index is 12.8. The first-order chi connectivity index (χ1) is 19.2. The van der Waals surface area contributed by atoms with Gasteiger partial charge >= 0.3 is 0 Å². The molecule has 10 heteroatoms. The van der Waals surface area contributed by atoms with E-state index < -0.39 is 5.92 Å². The van der Waals surface area contributed by atoms with Crippen molar-refractivity contribution in [1.29, 1.82) is 0 Å². The molecular formula is C31H32Cl2N6O2. The number of amides is 2. The fraction of sp³-hybridized carbons (Fsp3) is 0.290. The molecule has 0 radical (unpaired) electrons. The van der Waals surface area contributed by atoms with Crippen LogP contribution < -0.4 is 21.3 Å². The zero-order valence-corrected chi connectivity index (χ0v) is 25.6. The van der Waals surface area contributed by atoms with E-state index in [1.165, 1.54) is 4.90 Å². The minimum Gasteiger partial charge on any atom is -0.398 e. The average Bonchev–Trinajstić information content (AvgIpc) is 3.22. The summed E-state index contributed by atoms with van der Waals surface area (Å²) < 4.78 is 0. The second-order valence-corrected chi connectivity index (χ2v) is 11.4. The summed E-state index contributed by atoms with van der Waals surface area (Å²) in [4.78, 5) is 36.2. The molecular weight excluding hydrogens is 559 g/mol. The summed E-state index contributed by atoms with van der Waals surface area (Å²) in [5.41, 5.74) is 19.8. The van der Waals surface area contributed by atoms with E-state index in [0.717, 1.165) is 44.9 Å². The zero-order chi connectivity index (χ0) is 30.5. The second kappa shape index (κ2) is 11.1. The minimum atomic E-state index is -0.494. The van der Waals surface area contributed by atoms with Gasteiger partial charge in [-0.1, -0.05) is 30.1 Å². The van der Waals surface area contributed by atoms with E-state index >= 15 is 0 Å². The highest BCUT2D eigenvalue weighted by atomic mass is 35.5. The number of benzene rings is 2. The van der Waals surface area contributed by atoms with Crippen LogP contribution in [0.4, 0.5) is 22.9 Å². The Balaban J connectivity index is 0.000000191. The number of aryl methyl sites for hydroxylation is 5. The van der Waals surface area contributed by atoms with Crippen LogP contribution in [0.1, 0.15) is 53.3 Å². The number of carbonyl (C=O) groups excluding carboxylic acids is 2. The normalized spacial score (nSPS) is 18.0. The number of rotatable bonds is 2. The predicted molar refractivity (Wildman–Crippen MR) is 165 cm³/mol. The molecule has 0 saturated carbocycles. The van der Waals surface area contributed by atoms with Crippen molar-refractivity contribution in [3.8, 4) is 0 Å². The molecule has 2 amide bonds. The highest BCUT2D eigenvalue weighted by Gasteiger charge is 2.40. The maximum absolute atomic E-state index is 12.8. The van der Waals surface area contributed by atoms with Crippen LogP contribution in [0.2, 0.25) is 10.0 Å². The van der Waals surface area contributed by atoms with E-state index in [1.54, 1.807) is 24.0 Å². The molecule has 5 rings (SSSR count). The topological polar surface area (TPSA) is 110 Å². The van der Waals surface area contributed by atoms with Crippen molar-refractivity contribution in [2.75, 3.05) is 15.5 Å². The molecule has 8 nitrogen and oxygen atoms in total. The Morgan fingerprint density at radius 2 is 1.22 bits per heavy atom. The van der Waals surface area contributed by atoms with Crippen LogP contribution in [0.3, 0.4) is 0 Å². The van der Waals surface area contributed by atoms with E-state index in [0.29, 0.717) is 27.2 Å². The number of aromatic nitrogens is 1. The molecule has 0 aliphatic carbocycles. The van der Waals surface area contributed by atoms with Crippen molar-refractivity contribution >= 4 is 57.9 Å². The summed E-state index contributed by atoms with van der Waals surface area (Å²) in [5.74, 6) is -0.0977. The molecule has 212 valence electrons. The van der Waals surface area contributed by atoms with Gasteiger partial charge in [0.05, 0.1) is 29.8 Å². The molecule has 3 heterocycles. The van der Waals surface area contributed by atoms with E-state index in [-0.39, 0.29) is 23.6 Å². The monoisotopic (exact) mass is 590 g/mol. The van der Waals surface area contributed by atoms with Gasteiger partial charge < -0.3 is 11.5 Å². The Kier molecular flexibility index (Phi) is 8.08. The molecule has 0 fully saturated rings. The van der Waals surface area contributed by atoms with Gasteiger partial charge in [-0.3, -0.25) is 19.4 Å². The van der Waals surface area contributed by atoms with Crippen molar-refractivity contribution in [1.82, 2.24) is 4.98 Å². The van der Waals surface area contributed by atoms with Gasteiger partial charge in [-0.2, -0.15) is 0 Å². The zero-order valence-electron chi connectivity index (χ0n) is 24.1. The third-order valence-corrected chi connectivity index (χ3v) is 7.85. The second-order valence-electron chi connectivity index (χ2n) is 10.5. The number of halogens is 2. The number of nitrogens with two attached hydrogens (primary N) is 2. The van der Waals surface area contributed by atoms with Crippen molar-refractivity contribution in [3.63, 3.8) is 0 Å². The van der Waals surface area contributed by atoms with Gasteiger partial charge in [0.25, 0.3) is 0 Å². The highest BCUT2D eigenvalue weighted by molar-refractivity contribution is 6.31. The lowest BCUT2D eigenvalue weighted by Crippen LogP contribution is -2.32. The fourth-order valence-electron chi connectivity index (χ4n) is 5.61. The van der Waals surface area contributed by atoms with Crippen LogP contribution in [0.5, 0.6) is 0 Å². The fourth-order valence-corrected chi connectivity index (χ4v) is 6.26. The number of carbonyl (C=O) groups is 2. The largest absolute Gasteiger partial charge is 0.398 e. The van der Waals surface area contributed by atoms with Gasteiger partial charge in [0.1, 0.15) is 11.6 Å². The van der Waals surface area contributed by atoms with Crippen molar-refractivity contribution in [2.45, 2.75) is 54.4 Å². The third kappa shape index (κ3) is 5.12. The van der Waals surface area contributed by atoms with Crippen LogP contribution >= 0.6 is 23.2 Å². The highest BCUT2D eigenvalue weighted by Crippen LogP contribution is 2.46. The summed E-state index contributed by atoms with van der Waals surface area (Å²) in [6.45, 7) is 20.2. The molecule has 0 spiro atoms. The van der Waals surface area contributed by atoms with Gasteiger partial charge in [0.15, 0.2) is 0 Å². The van der Waals surface area contributed by atoms with E-state index in [1.807, 2.05) is 59.7 Å². The Morgan fingerprint density at radius 3 is 1.66 bits per heavy atom. The van der Waals surface area contributed by atoms with Crippen LogP contribution in [0.15, 0.2) is 41.8 Å². The first-order valence-corrected chi connectivity index (χ1v) is 13.8. The number of fused-ring (bicyclic) bond motifs is 1. The number of nitrogen functional groups attached to an aromatic ring is 1. The van der Waals surface area contributed by atoms with Gasteiger partial charge in [0, 0.05) is 27.0 Å². The first kappa shape index (κ1) is 29.9. The number of pyridine rings is 1. The van der Waals surface area contributed by atoms with E-state index in [9.17, 15) is 9.59 Å². The standard InChI is InChI=1S/C17H18ClN3O.C14H14ClN3O/c1-8-5-12(18)6-9(2)15(8)21-16-14(11(4)17(21)22)13(19)7-10(3)20-16;1-7-5-10(15)6-8(2)12(7)18-13(16)11(17-4)9(3)14(18)19/h5-7,11H,1-4H3,(H2,19,20);5-6,9H,16H2,1-3H3. The molecule has 1 aromatic heterocycles. The molecule has 2 aliphatic rings. The van der Waals surface area contributed by atoms with Gasteiger partial charge in [-0.15, -0.1) is 0 Å². The molecule has 2 aliphatic heterocycles. The molecule has 41 heavy (non-hydrogen) atoms. The van der Waals surface area contributed by atoms with Crippen LogP contribution in [-0.4, -0.2) is 16.8 Å². The summed E-state index contributed by atoms with van der Waals surface area (Å²) >= 11 is 12.1. The summed E-state index contributed by atoms with van der Waals surface area (Å²) in [5, 5.41) is 1.28. The van der Waals surface area contributed by atoms with Crippen molar-refractivity contribution < 1.29 is 9.59 Å². The van der Waals surface area contributed by atoms with E-state index in [2.05, 4.69) is 9.83 Å². The van der Waals surface area contributed by atoms with Gasteiger partial charge in [0.2, 0.25) is 17.5 Å². The lowest BCUT2D eigenvalue weighted by Gasteiger charge is -2.23. The minimum absolute atomic E-state index is 0.00618. The number of anilines is 4. The third-order valence-electron chi connectivity index (χ3n) is 7.42. The molecule has 3 aromatic rings. The molecule has 2 aromatic carbocycles. The van der Waals surface area contributed by atoms with Crippen LogP contribution in [-0.2, 0) is 9.59 Å². The molecule has 0 saturated heterocycles. The van der Waals surface area contributed by atoms with Crippen LogP contribution in [0, 0.1) is 47.1 Å². The van der Waals surface area contributed by atoms with Crippen molar-refractivity contribution in [3.05, 3.63) is 96.8 Å². The lowest BCUT2D eigenvalue weighted by atomic mass is 10.0. The summed E-state index contributed by atoms with van der Waals surface area (Å²) in [7, 11) is 0. The maximum Gasteiger partial charge on any atom is 0.240 e. The van der Waals surface area contributed by atoms with Crippen LogP contribution in [0.25, 0.3) is 4.85 Å². The lowest BCUT2D eigenvalue weighted by molar-refractivity contribution is -0.119. The summed E-state index contributed by atoms with van der Waals surface area (Å²) in [6.07, 6.45) is 0. The summed E-state index contributed by atoms with van der Waals surface area (Å²) in [6, 6.07) is 9.10. The molecule has 4 N–H and O–H groups in total.